The van der Waals surface area contributed by atoms with Gasteiger partial charge in [0.25, 0.3) is 0 Å². The SMILES string of the molecule is c1ccc(-c2ccc(-c3nc(-c4ccc(-c5ccccc5)cc4)nc(-c4cc(-c5ccccc5)c(N(c5ccccc5-c5ccccc5)c5ccccc5-c5ccccc5)c(-c5ccccc5)c4)n3)cc2)cc1. The Kier molecular flexibility index (Phi) is 12.4. The predicted octanol–water partition coefficient (Wildman–Crippen LogP) is 18.3. The number of hydrogen-bond donors (Lipinski definition) is 0. The van der Waals surface area contributed by atoms with Crippen molar-refractivity contribution >= 4 is 17.1 Å². The van der Waals surface area contributed by atoms with E-state index in [0.717, 1.165) is 101 Å². The van der Waals surface area contributed by atoms with E-state index in [0.29, 0.717) is 17.5 Å². The van der Waals surface area contributed by atoms with Gasteiger partial charge in [-0.2, -0.15) is 0 Å². The Morgan fingerprint density at radius 1 is 0.192 bits per heavy atom. The van der Waals surface area contributed by atoms with Crippen LogP contribution in [-0.2, 0) is 0 Å². The molecule has 0 aliphatic rings. The molecule has 0 atom stereocenters. The molecule has 0 unspecified atom stereocenters. The molecule has 0 N–H and O–H groups in total. The summed E-state index contributed by atoms with van der Waals surface area (Å²) >= 11 is 0. The number of anilines is 3. The molecule has 73 heavy (non-hydrogen) atoms. The topological polar surface area (TPSA) is 41.9 Å². The van der Waals surface area contributed by atoms with Gasteiger partial charge < -0.3 is 4.90 Å². The van der Waals surface area contributed by atoms with Crippen LogP contribution in [-0.4, -0.2) is 15.0 Å². The maximum atomic E-state index is 5.40. The van der Waals surface area contributed by atoms with Gasteiger partial charge in [-0.1, -0.05) is 267 Å². The monoisotopic (exact) mass is 932 g/mol. The second-order valence-corrected chi connectivity index (χ2v) is 17.9. The van der Waals surface area contributed by atoms with Gasteiger partial charge in [0.2, 0.25) is 0 Å². The lowest BCUT2D eigenvalue weighted by atomic mass is 9.90. The average molecular weight is 933 g/mol. The van der Waals surface area contributed by atoms with E-state index in [1.165, 1.54) is 0 Å². The van der Waals surface area contributed by atoms with Gasteiger partial charge in [0, 0.05) is 38.9 Å². The molecule has 0 fully saturated rings. The molecule has 4 heteroatoms. The van der Waals surface area contributed by atoms with E-state index in [1.54, 1.807) is 0 Å². The fourth-order valence-corrected chi connectivity index (χ4v) is 9.76. The van der Waals surface area contributed by atoms with Crippen LogP contribution in [0.3, 0.4) is 0 Å². The van der Waals surface area contributed by atoms with Crippen molar-refractivity contribution in [1.82, 2.24) is 15.0 Å². The van der Waals surface area contributed by atoms with Crippen LogP contribution in [0, 0.1) is 0 Å². The van der Waals surface area contributed by atoms with Crippen molar-refractivity contribution in [3.05, 3.63) is 291 Å². The molecule has 0 aliphatic heterocycles. The fourth-order valence-electron chi connectivity index (χ4n) is 9.76. The Bertz CT molecular complexity index is 3550. The molecule has 0 saturated carbocycles. The van der Waals surface area contributed by atoms with Crippen LogP contribution in [0.5, 0.6) is 0 Å². The quantitative estimate of drug-likeness (QED) is 0.122. The smallest absolute Gasteiger partial charge is 0.164 e. The van der Waals surface area contributed by atoms with Crippen molar-refractivity contribution < 1.29 is 0 Å². The first-order valence-corrected chi connectivity index (χ1v) is 24.7. The highest BCUT2D eigenvalue weighted by Crippen LogP contribution is 2.52. The highest BCUT2D eigenvalue weighted by atomic mass is 15.2. The summed E-state index contributed by atoms with van der Waals surface area (Å²) in [4.78, 5) is 18.5. The number of benzene rings is 11. The first-order valence-electron chi connectivity index (χ1n) is 24.7. The summed E-state index contributed by atoms with van der Waals surface area (Å²) in [6, 6.07) is 103. The lowest BCUT2D eigenvalue weighted by Gasteiger charge is -2.34. The van der Waals surface area contributed by atoms with E-state index >= 15 is 0 Å². The van der Waals surface area contributed by atoms with Gasteiger partial charge in [-0.3, -0.25) is 0 Å². The van der Waals surface area contributed by atoms with Crippen LogP contribution in [0.1, 0.15) is 0 Å². The molecule has 0 bridgehead atoms. The van der Waals surface area contributed by atoms with Crippen molar-refractivity contribution in [2.45, 2.75) is 0 Å². The highest BCUT2D eigenvalue weighted by molar-refractivity contribution is 6.04. The first kappa shape index (κ1) is 44.4. The van der Waals surface area contributed by atoms with E-state index < -0.39 is 0 Å². The van der Waals surface area contributed by atoms with Crippen molar-refractivity contribution in [3.63, 3.8) is 0 Å². The van der Waals surface area contributed by atoms with E-state index in [1.807, 2.05) is 12.1 Å². The van der Waals surface area contributed by atoms with E-state index in [4.69, 9.17) is 15.0 Å². The number of para-hydroxylation sites is 2. The summed E-state index contributed by atoms with van der Waals surface area (Å²) in [7, 11) is 0. The molecule has 11 aromatic carbocycles. The van der Waals surface area contributed by atoms with Crippen LogP contribution in [0.2, 0.25) is 0 Å². The molecule has 1 aromatic heterocycles. The van der Waals surface area contributed by atoms with Crippen LogP contribution >= 0.6 is 0 Å². The Morgan fingerprint density at radius 3 is 0.781 bits per heavy atom. The third-order valence-electron chi connectivity index (χ3n) is 13.4. The summed E-state index contributed by atoms with van der Waals surface area (Å²) in [5.41, 5.74) is 18.9. The van der Waals surface area contributed by atoms with Crippen LogP contribution in [0.25, 0.3) is 101 Å². The lowest BCUT2D eigenvalue weighted by Crippen LogP contribution is -2.15. The molecule has 0 saturated heterocycles. The minimum Gasteiger partial charge on any atom is -0.308 e. The molecule has 12 rings (SSSR count). The molecule has 1 heterocycles. The van der Waals surface area contributed by atoms with Crippen molar-refractivity contribution in [2.24, 2.45) is 0 Å². The van der Waals surface area contributed by atoms with Gasteiger partial charge in [-0.25, -0.2) is 15.0 Å². The maximum absolute atomic E-state index is 5.40. The molecule has 0 radical (unpaired) electrons. The molecule has 4 nitrogen and oxygen atoms in total. The Morgan fingerprint density at radius 2 is 0.438 bits per heavy atom. The molecule has 344 valence electrons. The normalized spacial score (nSPS) is 11.0. The fraction of sp³-hybridized carbons (Fsp3) is 0. The number of aromatic nitrogens is 3. The average Bonchev–Trinajstić information content (AvgIpc) is 3.49. The van der Waals surface area contributed by atoms with Crippen LogP contribution < -0.4 is 4.90 Å². The van der Waals surface area contributed by atoms with Gasteiger partial charge >= 0.3 is 0 Å². The minimum atomic E-state index is 0.570. The zero-order valence-electron chi connectivity index (χ0n) is 40.0. The standard InChI is InChI=1S/C69H48N4/c1-7-23-49(24-8-1)51-39-43-57(44-40-51)67-70-68(58-45-41-52(42-46-58)50-25-9-2-10-26-50)72-69(71-67)59-47-62(55-31-15-5-16-32-55)66(63(48-59)56-33-17-6-18-34-56)73(64-37-21-19-35-60(64)53-27-11-3-12-28-53)65-38-22-20-36-61(65)54-29-13-4-14-30-54/h1-48H. The largest absolute Gasteiger partial charge is 0.308 e. The summed E-state index contributed by atoms with van der Waals surface area (Å²) < 4.78 is 0. The van der Waals surface area contributed by atoms with E-state index in [-0.39, 0.29) is 0 Å². The third-order valence-corrected chi connectivity index (χ3v) is 13.4. The summed E-state index contributed by atoms with van der Waals surface area (Å²) in [5, 5.41) is 0. The number of rotatable bonds is 12. The zero-order valence-corrected chi connectivity index (χ0v) is 40.0. The second kappa shape index (κ2) is 20.3. The minimum absolute atomic E-state index is 0.570. The Balaban J connectivity index is 1.13. The molecular weight excluding hydrogens is 885 g/mol. The van der Waals surface area contributed by atoms with Gasteiger partial charge in [-0.15, -0.1) is 0 Å². The third kappa shape index (κ3) is 9.25. The molecule has 12 aromatic rings. The van der Waals surface area contributed by atoms with Crippen LogP contribution in [0.15, 0.2) is 291 Å². The second-order valence-electron chi connectivity index (χ2n) is 17.9. The van der Waals surface area contributed by atoms with Gasteiger partial charge in [-0.05, 0) is 68.8 Å². The van der Waals surface area contributed by atoms with E-state index in [9.17, 15) is 0 Å². The molecular formula is C69H48N4. The Labute approximate surface area is 426 Å². The predicted molar refractivity (Wildman–Crippen MR) is 303 cm³/mol. The zero-order chi connectivity index (χ0) is 48.8. The summed E-state index contributed by atoms with van der Waals surface area (Å²) in [5.74, 6) is 1.75. The first-order chi connectivity index (χ1) is 36.2. The van der Waals surface area contributed by atoms with Gasteiger partial charge in [0.05, 0.1) is 17.1 Å². The van der Waals surface area contributed by atoms with Crippen LogP contribution in [0.4, 0.5) is 17.1 Å². The lowest BCUT2D eigenvalue weighted by molar-refractivity contribution is 1.07. The summed E-state index contributed by atoms with van der Waals surface area (Å²) in [6.07, 6.45) is 0. The number of nitrogens with zero attached hydrogens (tertiary/aromatic N) is 4. The molecule has 0 aliphatic carbocycles. The highest BCUT2D eigenvalue weighted by Gasteiger charge is 2.28. The van der Waals surface area contributed by atoms with Crippen molar-refractivity contribution in [2.75, 3.05) is 4.90 Å². The van der Waals surface area contributed by atoms with E-state index in [2.05, 4.69) is 284 Å². The van der Waals surface area contributed by atoms with Crippen molar-refractivity contribution in [3.8, 4) is 101 Å². The molecule has 0 amide bonds. The summed E-state index contributed by atoms with van der Waals surface area (Å²) in [6.45, 7) is 0. The maximum Gasteiger partial charge on any atom is 0.164 e. The van der Waals surface area contributed by atoms with Gasteiger partial charge in [0.15, 0.2) is 17.5 Å². The number of hydrogen-bond acceptors (Lipinski definition) is 4. The van der Waals surface area contributed by atoms with Crippen molar-refractivity contribution in [1.29, 1.82) is 0 Å². The molecule has 0 spiro atoms. The van der Waals surface area contributed by atoms with Gasteiger partial charge in [0.1, 0.15) is 0 Å². The Hall–Kier alpha value is -9.77.